The van der Waals surface area contributed by atoms with E-state index in [2.05, 4.69) is 14.7 Å². The molecule has 3 rings (SSSR count). The van der Waals surface area contributed by atoms with E-state index in [1.54, 1.807) is 38.2 Å². The second kappa shape index (κ2) is 12.6. The number of carbonyl (C=O) groups is 2. The molecule has 3 aromatic rings. The summed E-state index contributed by atoms with van der Waals surface area (Å²) >= 11 is 0. The van der Waals surface area contributed by atoms with E-state index >= 15 is 0 Å². The van der Waals surface area contributed by atoms with Crippen LogP contribution in [0, 0.1) is 0 Å². The highest BCUT2D eigenvalue weighted by molar-refractivity contribution is 7.92. The molecule has 0 fully saturated rings. The molecule has 0 saturated carbocycles. The van der Waals surface area contributed by atoms with Gasteiger partial charge in [0.25, 0.3) is 0 Å². The fraction of sp³-hybridized carbons (Fsp3) is 0.458. The van der Waals surface area contributed by atoms with Crippen LogP contribution in [0.25, 0.3) is 11.2 Å². The lowest BCUT2D eigenvalue weighted by atomic mass is 10.2. The van der Waals surface area contributed by atoms with Gasteiger partial charge in [0, 0.05) is 20.6 Å². The Balaban J connectivity index is 1.99. The van der Waals surface area contributed by atoms with Gasteiger partial charge >= 0.3 is 17.8 Å². The predicted octanol–water partition coefficient (Wildman–Crippen LogP) is 1.75. The first-order chi connectivity index (χ1) is 18.5. The van der Waals surface area contributed by atoms with E-state index in [0.29, 0.717) is 13.0 Å². The van der Waals surface area contributed by atoms with Crippen molar-refractivity contribution < 1.29 is 22.7 Å². The van der Waals surface area contributed by atoms with Gasteiger partial charge < -0.3 is 20.3 Å². The second-order valence-corrected chi connectivity index (χ2v) is 10.8. The van der Waals surface area contributed by atoms with E-state index < -0.39 is 27.8 Å². The third-order valence-electron chi connectivity index (χ3n) is 5.74. The number of nitrogens with zero attached hydrogens (tertiary/aromatic N) is 6. The highest BCUT2D eigenvalue weighted by Gasteiger charge is 2.26. The maximum atomic E-state index is 13.6. The van der Waals surface area contributed by atoms with Crippen molar-refractivity contribution >= 4 is 45.1 Å². The Morgan fingerprint density at radius 2 is 1.74 bits per heavy atom. The number of aromatic nitrogens is 4. The van der Waals surface area contributed by atoms with Crippen LogP contribution in [0.4, 0.5) is 21.4 Å². The van der Waals surface area contributed by atoms with Crippen molar-refractivity contribution in [2.45, 2.75) is 33.2 Å². The highest BCUT2D eigenvalue weighted by atomic mass is 32.2. The van der Waals surface area contributed by atoms with Crippen LogP contribution in [-0.2, 0) is 21.3 Å². The molecule has 0 atom stereocenters. The first-order valence-corrected chi connectivity index (χ1v) is 14.1. The van der Waals surface area contributed by atoms with Crippen LogP contribution in [0.15, 0.2) is 35.1 Å². The number of nitrogen functional groups attached to an aromatic ring is 1. The molecule has 0 bridgehead atoms. The summed E-state index contributed by atoms with van der Waals surface area (Å²) < 4.78 is 34.2. The zero-order valence-electron chi connectivity index (χ0n) is 22.5. The van der Waals surface area contributed by atoms with Crippen LogP contribution in [0.2, 0.25) is 0 Å². The number of fused-ring (bicyclic) bond motifs is 1. The van der Waals surface area contributed by atoms with E-state index in [1.165, 1.54) is 21.4 Å². The van der Waals surface area contributed by atoms with Gasteiger partial charge in [-0.3, -0.25) is 9.29 Å². The van der Waals surface area contributed by atoms with Crippen molar-refractivity contribution in [3.63, 3.8) is 0 Å². The minimum atomic E-state index is -3.75. The van der Waals surface area contributed by atoms with Crippen LogP contribution >= 0.6 is 0 Å². The minimum Gasteiger partial charge on any atom is -0.448 e. The van der Waals surface area contributed by atoms with Gasteiger partial charge in [0.15, 0.2) is 11.5 Å². The maximum absolute atomic E-state index is 13.6. The van der Waals surface area contributed by atoms with Crippen LogP contribution in [-0.4, -0.2) is 89.0 Å². The third-order valence-corrected chi connectivity index (χ3v) is 7.18. The van der Waals surface area contributed by atoms with Crippen molar-refractivity contribution in [2.75, 3.05) is 50.0 Å². The van der Waals surface area contributed by atoms with E-state index in [4.69, 9.17) is 10.5 Å². The number of imidazole rings is 1. The quantitative estimate of drug-likeness (QED) is 0.353. The Morgan fingerprint density at radius 3 is 2.38 bits per heavy atom. The van der Waals surface area contributed by atoms with E-state index in [1.807, 2.05) is 13.0 Å². The number of anilines is 2. The van der Waals surface area contributed by atoms with Gasteiger partial charge in [-0.05, 0) is 18.4 Å². The normalized spacial score (nSPS) is 11.4. The summed E-state index contributed by atoms with van der Waals surface area (Å²) in [4.78, 5) is 49.9. The number of hydrogen-bond donors (Lipinski definition) is 2. The smallest absolute Gasteiger partial charge is 0.409 e. The van der Waals surface area contributed by atoms with Gasteiger partial charge in [-0.25, -0.2) is 27.4 Å². The number of benzene rings is 1. The zero-order chi connectivity index (χ0) is 28.7. The summed E-state index contributed by atoms with van der Waals surface area (Å²) in [6.45, 7) is 4.11. The summed E-state index contributed by atoms with van der Waals surface area (Å²) in [6.07, 6.45) is 0.614. The van der Waals surface area contributed by atoms with Crippen LogP contribution < -0.4 is 16.1 Å². The number of hydrogen-bond acceptors (Lipinski definition) is 9. The number of likely N-dealkylation sites (N-methyl/N-ethyl adjacent to an activating group) is 1. The molecule has 0 spiro atoms. The second-order valence-electron chi connectivity index (χ2n) is 8.96. The SMILES string of the molecule is CCCN(C)C(=O)OCCN(C)C(=O)n1c(=O)n(Cc2ccccc2)c2nc(NS(=O)(=O)CCC)nc(N)c21. The number of rotatable bonds is 11. The maximum Gasteiger partial charge on any atom is 0.409 e. The molecule has 0 aliphatic carbocycles. The molecule has 0 aliphatic heterocycles. The lowest BCUT2D eigenvalue weighted by Gasteiger charge is -2.19. The predicted molar refractivity (Wildman–Crippen MR) is 147 cm³/mol. The topological polar surface area (TPSA) is 175 Å². The summed E-state index contributed by atoms with van der Waals surface area (Å²) in [5, 5.41) is 0. The average Bonchev–Trinajstić information content (AvgIpc) is 3.15. The minimum absolute atomic E-state index is 0.00198. The molecule has 212 valence electrons. The summed E-state index contributed by atoms with van der Waals surface area (Å²) in [5.41, 5.74) is 6.09. The molecular formula is C24H34N8O6S. The van der Waals surface area contributed by atoms with E-state index in [-0.39, 0.29) is 48.4 Å². The third kappa shape index (κ3) is 7.04. The summed E-state index contributed by atoms with van der Waals surface area (Å²) in [5.74, 6) is -0.724. The number of nitrogens with one attached hydrogen (secondary N) is 1. The van der Waals surface area contributed by atoms with E-state index in [9.17, 15) is 22.8 Å². The van der Waals surface area contributed by atoms with Gasteiger partial charge in [0.1, 0.15) is 12.1 Å². The average molecular weight is 563 g/mol. The van der Waals surface area contributed by atoms with Crippen molar-refractivity contribution in [3.05, 3.63) is 46.4 Å². The fourth-order valence-corrected chi connectivity index (χ4v) is 4.84. The molecule has 2 heterocycles. The lowest BCUT2D eigenvalue weighted by molar-refractivity contribution is 0.103. The first-order valence-electron chi connectivity index (χ1n) is 12.5. The Bertz CT molecular complexity index is 1490. The van der Waals surface area contributed by atoms with Crippen LogP contribution in [0.3, 0.4) is 0 Å². The zero-order valence-corrected chi connectivity index (χ0v) is 23.3. The number of amides is 2. The Labute approximate surface area is 226 Å². The van der Waals surface area contributed by atoms with Crippen molar-refractivity contribution in [1.29, 1.82) is 0 Å². The number of nitrogens with two attached hydrogens (primary N) is 1. The van der Waals surface area contributed by atoms with Crippen molar-refractivity contribution in [1.82, 2.24) is 28.9 Å². The van der Waals surface area contributed by atoms with E-state index in [0.717, 1.165) is 16.6 Å². The Kier molecular flexibility index (Phi) is 9.51. The molecule has 1 aromatic carbocycles. The summed E-state index contributed by atoms with van der Waals surface area (Å²) in [7, 11) is -0.687. The van der Waals surface area contributed by atoms with Crippen molar-refractivity contribution in [3.8, 4) is 0 Å². The molecular weight excluding hydrogens is 528 g/mol. The number of sulfonamides is 1. The van der Waals surface area contributed by atoms with Gasteiger partial charge in [0.05, 0.1) is 18.8 Å². The summed E-state index contributed by atoms with van der Waals surface area (Å²) in [6, 6.07) is 8.26. The van der Waals surface area contributed by atoms with Crippen molar-refractivity contribution in [2.24, 2.45) is 0 Å². The molecule has 0 aliphatic rings. The van der Waals surface area contributed by atoms with Crippen LogP contribution in [0.5, 0.6) is 0 Å². The lowest BCUT2D eigenvalue weighted by Crippen LogP contribution is -2.40. The number of carbonyl (C=O) groups excluding carboxylic acids is 2. The molecule has 2 aromatic heterocycles. The fourth-order valence-electron chi connectivity index (χ4n) is 3.83. The van der Waals surface area contributed by atoms with Gasteiger partial charge in [-0.1, -0.05) is 44.2 Å². The Morgan fingerprint density at radius 1 is 1.05 bits per heavy atom. The molecule has 0 unspecified atom stereocenters. The molecule has 14 nitrogen and oxygen atoms in total. The van der Waals surface area contributed by atoms with Crippen LogP contribution in [0.1, 0.15) is 32.3 Å². The first kappa shape index (κ1) is 29.4. The monoisotopic (exact) mass is 562 g/mol. The molecule has 15 heteroatoms. The van der Waals surface area contributed by atoms with Gasteiger partial charge in [-0.15, -0.1) is 0 Å². The molecule has 39 heavy (non-hydrogen) atoms. The standard InChI is InChI=1S/C24H34N8O6S/c1-5-12-30(4)24(35)38-14-13-29(3)22(33)32-18-19(25)26-21(28-39(36,37)15-6-2)27-20(18)31(23(32)34)16-17-10-8-7-9-11-17/h7-11H,5-6,12-16H2,1-4H3,(H3,25,26,27,28). The van der Waals surface area contributed by atoms with Gasteiger partial charge in [-0.2, -0.15) is 9.97 Å². The molecule has 3 N–H and O–H groups in total. The number of ether oxygens (including phenoxy) is 1. The molecule has 0 radical (unpaired) electrons. The highest BCUT2D eigenvalue weighted by Crippen LogP contribution is 2.21. The molecule has 2 amide bonds. The largest absolute Gasteiger partial charge is 0.448 e. The van der Waals surface area contributed by atoms with Gasteiger partial charge in [0.2, 0.25) is 16.0 Å². The molecule has 0 saturated heterocycles. The Hall–Kier alpha value is -4.14.